The molecule has 10 heavy (non-hydrogen) atoms. The molecule has 0 aromatic heterocycles. The Kier molecular flexibility index (Phi) is 5.10. The molecule has 1 unspecified atom stereocenters. The summed E-state index contributed by atoms with van der Waals surface area (Å²) >= 11 is 5.79. The van der Waals surface area contributed by atoms with Gasteiger partial charge in [0.2, 0.25) is 0 Å². The molecule has 0 aliphatic carbocycles. The van der Waals surface area contributed by atoms with Gasteiger partial charge in [-0.05, 0) is 20.0 Å². The van der Waals surface area contributed by atoms with E-state index >= 15 is 0 Å². The van der Waals surface area contributed by atoms with E-state index in [1.807, 2.05) is 0 Å². The third-order valence-electron chi connectivity index (χ3n) is 2.12. The average molecular weight is 164 g/mol. The molecule has 0 aliphatic rings. The monoisotopic (exact) mass is 163 g/mol. The average Bonchev–Trinajstić information content (AvgIpc) is 1.88. The first-order valence-electron chi connectivity index (χ1n) is 3.85. The second kappa shape index (κ2) is 4.97. The Morgan fingerprint density at radius 3 is 2.00 bits per heavy atom. The van der Waals surface area contributed by atoms with Crippen LogP contribution in [0.5, 0.6) is 0 Å². The van der Waals surface area contributed by atoms with Gasteiger partial charge in [-0.1, -0.05) is 20.3 Å². The number of nitrogens with zero attached hydrogens (tertiary/aromatic N) is 1. The second-order valence-electron chi connectivity index (χ2n) is 3.07. The number of hydrogen-bond acceptors (Lipinski definition) is 1. The summed E-state index contributed by atoms with van der Waals surface area (Å²) in [6.45, 7) is 4.45. The van der Waals surface area contributed by atoms with E-state index in [0.717, 1.165) is 5.88 Å². The van der Waals surface area contributed by atoms with E-state index in [2.05, 4.69) is 32.8 Å². The Balaban J connectivity index is 3.80. The van der Waals surface area contributed by atoms with E-state index in [0.29, 0.717) is 12.0 Å². The molecule has 0 heterocycles. The van der Waals surface area contributed by atoms with Gasteiger partial charge in [0.05, 0.1) is 0 Å². The van der Waals surface area contributed by atoms with Crippen LogP contribution in [-0.2, 0) is 0 Å². The molecule has 0 aromatic carbocycles. The van der Waals surface area contributed by atoms with Gasteiger partial charge in [0.15, 0.2) is 0 Å². The maximum Gasteiger partial charge on any atom is 0.0381 e. The van der Waals surface area contributed by atoms with Gasteiger partial charge < -0.3 is 4.90 Å². The molecule has 1 nitrogen and oxygen atoms in total. The molecule has 0 N–H and O–H groups in total. The van der Waals surface area contributed by atoms with Crippen molar-refractivity contribution in [3.63, 3.8) is 0 Å². The molecular weight excluding hydrogens is 146 g/mol. The van der Waals surface area contributed by atoms with E-state index in [4.69, 9.17) is 11.6 Å². The lowest BCUT2D eigenvalue weighted by molar-refractivity contribution is 0.238. The zero-order valence-corrected chi connectivity index (χ0v) is 8.15. The second-order valence-corrected chi connectivity index (χ2v) is 3.38. The summed E-state index contributed by atoms with van der Waals surface area (Å²) in [7, 11) is 4.17. The fraction of sp³-hybridized carbons (Fsp3) is 1.00. The summed E-state index contributed by atoms with van der Waals surface area (Å²) in [5.41, 5.74) is 0. The van der Waals surface area contributed by atoms with Crippen molar-refractivity contribution in [2.45, 2.75) is 26.3 Å². The molecule has 2 heteroatoms. The molecule has 0 spiro atoms. The standard InChI is InChI=1S/C8H18ClN/c1-5-7(2)8(6-9)10(3)4/h7-8H,5-6H2,1-4H3/t7?,8-/m1/s1. The lowest BCUT2D eigenvalue weighted by atomic mass is 10.0. The summed E-state index contributed by atoms with van der Waals surface area (Å²) < 4.78 is 0. The SMILES string of the molecule is CCC(C)[C@@H](CCl)N(C)C. The summed E-state index contributed by atoms with van der Waals surface area (Å²) in [6.07, 6.45) is 1.20. The highest BCUT2D eigenvalue weighted by Crippen LogP contribution is 2.12. The Morgan fingerprint density at radius 2 is 1.90 bits per heavy atom. The Bertz CT molecular complexity index is 83.3. The topological polar surface area (TPSA) is 3.24 Å². The maximum atomic E-state index is 5.79. The van der Waals surface area contributed by atoms with Gasteiger partial charge in [-0.25, -0.2) is 0 Å². The Labute approximate surface area is 69.4 Å². The largest absolute Gasteiger partial charge is 0.305 e. The number of halogens is 1. The molecule has 0 saturated heterocycles. The molecule has 2 atom stereocenters. The van der Waals surface area contributed by atoms with Gasteiger partial charge in [-0.15, -0.1) is 11.6 Å². The van der Waals surface area contributed by atoms with Crippen LogP contribution in [-0.4, -0.2) is 30.9 Å². The highest BCUT2D eigenvalue weighted by molar-refractivity contribution is 6.18. The number of alkyl halides is 1. The Morgan fingerprint density at radius 1 is 1.40 bits per heavy atom. The zero-order chi connectivity index (χ0) is 8.15. The predicted octanol–water partition coefficient (Wildman–Crippen LogP) is 2.20. The van der Waals surface area contributed by atoms with Crippen LogP contribution in [0, 0.1) is 5.92 Å². The van der Waals surface area contributed by atoms with Crippen LogP contribution in [0.25, 0.3) is 0 Å². The van der Waals surface area contributed by atoms with Gasteiger partial charge in [-0.2, -0.15) is 0 Å². The third kappa shape index (κ3) is 2.89. The quantitative estimate of drug-likeness (QED) is 0.575. The predicted molar refractivity (Wildman–Crippen MR) is 47.7 cm³/mol. The molecule has 0 amide bonds. The molecule has 0 bridgehead atoms. The van der Waals surface area contributed by atoms with E-state index in [-0.39, 0.29) is 0 Å². The number of hydrogen-bond donors (Lipinski definition) is 0. The highest BCUT2D eigenvalue weighted by Gasteiger charge is 2.15. The van der Waals surface area contributed by atoms with Crippen molar-refractivity contribution in [1.29, 1.82) is 0 Å². The van der Waals surface area contributed by atoms with Gasteiger partial charge in [0.25, 0.3) is 0 Å². The van der Waals surface area contributed by atoms with Crippen LogP contribution >= 0.6 is 11.6 Å². The fourth-order valence-corrected chi connectivity index (χ4v) is 1.65. The summed E-state index contributed by atoms with van der Waals surface area (Å²) in [5, 5.41) is 0. The third-order valence-corrected chi connectivity index (χ3v) is 2.44. The molecule has 0 rings (SSSR count). The zero-order valence-electron chi connectivity index (χ0n) is 7.39. The van der Waals surface area contributed by atoms with E-state index < -0.39 is 0 Å². The molecule has 0 saturated carbocycles. The van der Waals surface area contributed by atoms with Crippen molar-refractivity contribution in [2.24, 2.45) is 5.92 Å². The van der Waals surface area contributed by atoms with E-state index in [1.165, 1.54) is 6.42 Å². The first kappa shape index (κ1) is 10.2. The van der Waals surface area contributed by atoms with Crippen molar-refractivity contribution < 1.29 is 0 Å². The molecular formula is C8H18ClN. The lowest BCUT2D eigenvalue weighted by Crippen LogP contribution is -2.35. The fourth-order valence-electron chi connectivity index (χ4n) is 1.07. The maximum absolute atomic E-state index is 5.79. The Hall–Kier alpha value is 0.250. The van der Waals surface area contributed by atoms with Crippen molar-refractivity contribution in [2.75, 3.05) is 20.0 Å². The lowest BCUT2D eigenvalue weighted by Gasteiger charge is -2.27. The van der Waals surface area contributed by atoms with Crippen LogP contribution < -0.4 is 0 Å². The normalized spacial score (nSPS) is 17.4. The van der Waals surface area contributed by atoms with Crippen LogP contribution in [0.4, 0.5) is 0 Å². The van der Waals surface area contributed by atoms with Crippen molar-refractivity contribution in [1.82, 2.24) is 4.90 Å². The van der Waals surface area contributed by atoms with E-state index in [1.54, 1.807) is 0 Å². The smallest absolute Gasteiger partial charge is 0.0381 e. The summed E-state index contributed by atoms with van der Waals surface area (Å²) in [5.74, 6) is 1.44. The first-order valence-corrected chi connectivity index (χ1v) is 4.39. The number of rotatable bonds is 4. The van der Waals surface area contributed by atoms with Gasteiger partial charge >= 0.3 is 0 Å². The van der Waals surface area contributed by atoms with Crippen molar-refractivity contribution in [3.8, 4) is 0 Å². The van der Waals surface area contributed by atoms with E-state index in [9.17, 15) is 0 Å². The van der Waals surface area contributed by atoms with Crippen LogP contribution in [0.3, 0.4) is 0 Å². The van der Waals surface area contributed by atoms with Crippen LogP contribution in [0.2, 0.25) is 0 Å². The first-order chi connectivity index (χ1) is 4.63. The minimum Gasteiger partial charge on any atom is -0.305 e. The van der Waals surface area contributed by atoms with Gasteiger partial charge in [0, 0.05) is 11.9 Å². The molecule has 0 fully saturated rings. The molecule has 0 aromatic rings. The molecule has 62 valence electrons. The van der Waals surface area contributed by atoms with Crippen LogP contribution in [0.1, 0.15) is 20.3 Å². The van der Waals surface area contributed by atoms with Gasteiger partial charge in [-0.3, -0.25) is 0 Å². The minimum absolute atomic E-state index is 0.534. The van der Waals surface area contributed by atoms with Crippen LogP contribution in [0.15, 0.2) is 0 Å². The summed E-state index contributed by atoms with van der Waals surface area (Å²) in [4.78, 5) is 2.20. The van der Waals surface area contributed by atoms with Gasteiger partial charge in [0.1, 0.15) is 0 Å². The highest BCUT2D eigenvalue weighted by atomic mass is 35.5. The van der Waals surface area contributed by atoms with Crippen molar-refractivity contribution in [3.05, 3.63) is 0 Å². The molecule has 0 aliphatic heterocycles. The molecule has 0 radical (unpaired) electrons. The van der Waals surface area contributed by atoms with Crippen molar-refractivity contribution >= 4 is 11.6 Å². The summed E-state index contributed by atoms with van der Waals surface area (Å²) in [6, 6.07) is 0.534. The minimum atomic E-state index is 0.534.